The summed E-state index contributed by atoms with van der Waals surface area (Å²) in [6.07, 6.45) is 0.118. The summed E-state index contributed by atoms with van der Waals surface area (Å²) < 4.78 is 10.4. The zero-order chi connectivity index (χ0) is 23.1. The fourth-order valence-electron chi connectivity index (χ4n) is 3.35. The monoisotopic (exact) mass is 439 g/mol. The van der Waals surface area contributed by atoms with Gasteiger partial charge in [-0.05, 0) is 50.2 Å². The van der Waals surface area contributed by atoms with Crippen molar-refractivity contribution in [3.8, 4) is 5.75 Å². The highest BCUT2D eigenvalue weighted by atomic mass is 16.5. The molecule has 1 atom stereocenters. The van der Waals surface area contributed by atoms with Crippen molar-refractivity contribution >= 4 is 35.1 Å². The zero-order valence-electron chi connectivity index (χ0n) is 17.9. The van der Waals surface area contributed by atoms with Crippen molar-refractivity contribution in [1.82, 2.24) is 5.32 Å². The van der Waals surface area contributed by atoms with Gasteiger partial charge in [0.2, 0.25) is 5.91 Å². The Morgan fingerprint density at radius 1 is 1.12 bits per heavy atom. The van der Waals surface area contributed by atoms with E-state index in [0.29, 0.717) is 29.3 Å². The molecule has 0 aliphatic carbocycles. The molecule has 1 aliphatic heterocycles. The van der Waals surface area contributed by atoms with Gasteiger partial charge in [-0.2, -0.15) is 0 Å². The highest BCUT2D eigenvalue weighted by Crippen LogP contribution is 2.31. The van der Waals surface area contributed by atoms with E-state index in [1.165, 1.54) is 4.90 Å². The number of amides is 3. The van der Waals surface area contributed by atoms with E-state index >= 15 is 0 Å². The molecule has 1 aliphatic rings. The molecule has 0 spiro atoms. The number of ether oxygens (including phenoxy) is 2. The number of nitrogens with one attached hydrogen (secondary N) is 2. The molecule has 0 aromatic heterocycles. The quantitative estimate of drug-likeness (QED) is 0.639. The van der Waals surface area contributed by atoms with Gasteiger partial charge in [0.15, 0.2) is 6.61 Å². The van der Waals surface area contributed by atoms with E-state index in [1.807, 2.05) is 6.92 Å². The summed E-state index contributed by atoms with van der Waals surface area (Å²) in [5, 5.41) is 5.23. The van der Waals surface area contributed by atoms with E-state index in [2.05, 4.69) is 10.6 Å². The van der Waals surface area contributed by atoms with E-state index in [4.69, 9.17) is 9.47 Å². The lowest BCUT2D eigenvalue weighted by atomic mass is 10.1. The van der Waals surface area contributed by atoms with Crippen LogP contribution in [0.2, 0.25) is 0 Å². The summed E-state index contributed by atoms with van der Waals surface area (Å²) in [5.74, 6) is -1.22. The molecule has 0 bridgehead atoms. The molecule has 3 rings (SSSR count). The van der Waals surface area contributed by atoms with Crippen LogP contribution in [0.5, 0.6) is 5.75 Å². The van der Waals surface area contributed by atoms with Gasteiger partial charge in [0.05, 0.1) is 18.0 Å². The Morgan fingerprint density at radius 3 is 2.56 bits per heavy atom. The molecule has 3 amide bonds. The van der Waals surface area contributed by atoms with Crippen LogP contribution in [0.25, 0.3) is 0 Å². The van der Waals surface area contributed by atoms with Crippen LogP contribution >= 0.6 is 0 Å². The molecular weight excluding hydrogens is 414 g/mol. The SMILES string of the molecule is CCOc1ccc(C(=O)NCC(=O)OCC(=O)N2c3ccccc3NC(=O)CC2C)cc1. The minimum absolute atomic E-state index is 0.118. The fourth-order valence-corrected chi connectivity index (χ4v) is 3.35. The lowest BCUT2D eigenvalue weighted by molar-refractivity contribution is -0.146. The van der Waals surface area contributed by atoms with Crippen molar-refractivity contribution in [1.29, 1.82) is 0 Å². The third kappa shape index (κ3) is 5.63. The fraction of sp³-hybridized carbons (Fsp3) is 0.304. The van der Waals surface area contributed by atoms with Crippen molar-refractivity contribution in [2.75, 3.05) is 30.0 Å². The Labute approximate surface area is 185 Å². The molecule has 0 fully saturated rings. The van der Waals surface area contributed by atoms with Gasteiger partial charge in [0.25, 0.3) is 11.8 Å². The number of rotatable bonds is 7. The van der Waals surface area contributed by atoms with Gasteiger partial charge in [0, 0.05) is 18.0 Å². The van der Waals surface area contributed by atoms with Crippen molar-refractivity contribution in [3.05, 3.63) is 54.1 Å². The molecule has 0 radical (unpaired) electrons. The van der Waals surface area contributed by atoms with Crippen LogP contribution in [0, 0.1) is 0 Å². The number of fused-ring (bicyclic) bond motifs is 1. The molecule has 1 heterocycles. The Hall–Kier alpha value is -3.88. The maximum atomic E-state index is 12.8. The average molecular weight is 439 g/mol. The van der Waals surface area contributed by atoms with Gasteiger partial charge >= 0.3 is 5.97 Å². The number of hydrogen-bond acceptors (Lipinski definition) is 6. The standard InChI is InChI=1S/C23H25N3O6/c1-3-31-17-10-8-16(9-11-17)23(30)24-13-22(29)32-14-21(28)26-15(2)12-20(27)25-18-6-4-5-7-19(18)26/h4-11,15H,3,12-14H2,1-2H3,(H,24,30)(H,25,27). The molecule has 0 saturated carbocycles. The summed E-state index contributed by atoms with van der Waals surface area (Å²) in [6, 6.07) is 13.0. The molecule has 2 aromatic rings. The largest absolute Gasteiger partial charge is 0.494 e. The van der Waals surface area contributed by atoms with E-state index in [9.17, 15) is 19.2 Å². The molecule has 9 heteroatoms. The first-order chi connectivity index (χ1) is 15.4. The highest BCUT2D eigenvalue weighted by Gasteiger charge is 2.30. The van der Waals surface area contributed by atoms with Gasteiger partial charge in [-0.25, -0.2) is 0 Å². The van der Waals surface area contributed by atoms with Crippen LogP contribution < -0.4 is 20.3 Å². The average Bonchev–Trinajstić information content (AvgIpc) is 2.90. The van der Waals surface area contributed by atoms with Crippen molar-refractivity contribution in [3.63, 3.8) is 0 Å². The Morgan fingerprint density at radius 2 is 1.84 bits per heavy atom. The van der Waals surface area contributed by atoms with Crippen LogP contribution in [0.3, 0.4) is 0 Å². The smallest absolute Gasteiger partial charge is 0.325 e. The molecule has 9 nitrogen and oxygen atoms in total. The first kappa shape index (κ1) is 22.8. The number of hydrogen-bond donors (Lipinski definition) is 2. The summed E-state index contributed by atoms with van der Waals surface area (Å²) >= 11 is 0. The molecule has 2 N–H and O–H groups in total. The lowest BCUT2D eigenvalue weighted by Crippen LogP contribution is -2.42. The van der Waals surface area contributed by atoms with E-state index in [-0.39, 0.29) is 18.9 Å². The summed E-state index contributed by atoms with van der Waals surface area (Å²) in [7, 11) is 0. The normalized spacial score (nSPS) is 15.1. The van der Waals surface area contributed by atoms with Gasteiger partial charge in [0.1, 0.15) is 12.3 Å². The molecule has 2 aromatic carbocycles. The van der Waals surface area contributed by atoms with Gasteiger partial charge < -0.3 is 25.0 Å². The van der Waals surface area contributed by atoms with Crippen molar-refractivity contribution in [2.45, 2.75) is 26.3 Å². The molecule has 168 valence electrons. The zero-order valence-corrected chi connectivity index (χ0v) is 17.9. The first-order valence-corrected chi connectivity index (χ1v) is 10.3. The third-order valence-electron chi connectivity index (χ3n) is 4.81. The number of benzene rings is 2. The Kier molecular flexibility index (Phi) is 7.43. The number of anilines is 2. The number of esters is 1. The summed E-state index contributed by atoms with van der Waals surface area (Å²) in [6.45, 7) is 3.24. The minimum Gasteiger partial charge on any atom is -0.494 e. The maximum absolute atomic E-state index is 12.8. The second-order valence-electron chi connectivity index (χ2n) is 7.18. The third-order valence-corrected chi connectivity index (χ3v) is 4.81. The molecular formula is C23H25N3O6. The van der Waals surface area contributed by atoms with Crippen LogP contribution in [0.1, 0.15) is 30.6 Å². The van der Waals surface area contributed by atoms with Crippen LogP contribution in [0.4, 0.5) is 11.4 Å². The van der Waals surface area contributed by atoms with E-state index in [0.717, 1.165) is 0 Å². The second kappa shape index (κ2) is 10.4. The molecule has 32 heavy (non-hydrogen) atoms. The topological polar surface area (TPSA) is 114 Å². The number of carbonyl (C=O) groups excluding carboxylic acids is 4. The lowest BCUT2D eigenvalue weighted by Gasteiger charge is -2.27. The Balaban J connectivity index is 1.53. The molecule has 1 unspecified atom stereocenters. The van der Waals surface area contributed by atoms with Crippen LogP contribution in [-0.2, 0) is 19.1 Å². The minimum atomic E-state index is -0.748. The van der Waals surface area contributed by atoms with Gasteiger partial charge in [-0.1, -0.05) is 12.1 Å². The number of carbonyl (C=O) groups is 4. The molecule has 0 saturated heterocycles. The van der Waals surface area contributed by atoms with Gasteiger partial charge in [-0.15, -0.1) is 0 Å². The van der Waals surface area contributed by atoms with Crippen LogP contribution in [0.15, 0.2) is 48.5 Å². The first-order valence-electron chi connectivity index (χ1n) is 10.3. The van der Waals surface area contributed by atoms with E-state index < -0.39 is 30.4 Å². The van der Waals surface area contributed by atoms with Gasteiger partial charge in [-0.3, -0.25) is 19.2 Å². The summed E-state index contributed by atoms with van der Waals surface area (Å²) in [5.41, 5.74) is 1.42. The highest BCUT2D eigenvalue weighted by molar-refractivity contribution is 6.05. The Bertz CT molecular complexity index is 1010. The van der Waals surface area contributed by atoms with Crippen molar-refractivity contribution < 1.29 is 28.7 Å². The van der Waals surface area contributed by atoms with Crippen molar-refractivity contribution in [2.24, 2.45) is 0 Å². The van der Waals surface area contributed by atoms with E-state index in [1.54, 1.807) is 55.5 Å². The summed E-state index contributed by atoms with van der Waals surface area (Å²) in [4.78, 5) is 50.5. The second-order valence-corrected chi connectivity index (χ2v) is 7.18. The predicted octanol–water partition coefficient (Wildman–Crippen LogP) is 2.12. The predicted molar refractivity (Wildman–Crippen MR) is 118 cm³/mol. The number of nitrogens with zero attached hydrogens (tertiary/aromatic N) is 1. The number of para-hydroxylation sites is 2. The van der Waals surface area contributed by atoms with Crippen LogP contribution in [-0.4, -0.2) is 49.5 Å². The maximum Gasteiger partial charge on any atom is 0.325 e.